The maximum absolute atomic E-state index is 14.7. The third-order valence-corrected chi connectivity index (χ3v) is 5.21. The second-order valence-corrected chi connectivity index (χ2v) is 8.39. The fourth-order valence-electron chi connectivity index (χ4n) is 3.64. The average Bonchev–Trinajstić information content (AvgIpc) is 2.54. The highest BCUT2D eigenvalue weighted by Crippen LogP contribution is 2.48. The zero-order valence-electron chi connectivity index (χ0n) is 15.4. The fourth-order valence-corrected chi connectivity index (χ4v) is 4.02. The lowest BCUT2D eigenvalue weighted by Crippen LogP contribution is -2.36. The quantitative estimate of drug-likeness (QED) is 0.720. The van der Waals surface area contributed by atoms with E-state index >= 15 is 0 Å². The van der Waals surface area contributed by atoms with Crippen LogP contribution in [0.4, 0.5) is 4.39 Å². The summed E-state index contributed by atoms with van der Waals surface area (Å²) in [6.45, 7) is 5.68. The molecule has 0 radical (unpaired) electrons. The second kappa shape index (κ2) is 7.11. The van der Waals surface area contributed by atoms with E-state index < -0.39 is 17.7 Å². The summed E-state index contributed by atoms with van der Waals surface area (Å²) in [6, 6.07) is 4.39. The van der Waals surface area contributed by atoms with Crippen LogP contribution in [-0.2, 0) is 19.1 Å². The molecule has 1 aromatic rings. The van der Waals surface area contributed by atoms with Crippen LogP contribution >= 0.6 is 15.9 Å². The number of carbonyl (C=O) groups is 2. The maximum atomic E-state index is 14.7. The molecule has 7 heteroatoms. The Balaban J connectivity index is 2.24. The van der Waals surface area contributed by atoms with Gasteiger partial charge in [-0.3, -0.25) is 4.79 Å². The van der Waals surface area contributed by atoms with E-state index in [-0.39, 0.29) is 46.8 Å². The topological polar surface area (TPSA) is 78.6 Å². The molecule has 0 bridgehead atoms. The van der Waals surface area contributed by atoms with E-state index in [1.807, 2.05) is 13.8 Å². The van der Waals surface area contributed by atoms with Crippen molar-refractivity contribution in [3.63, 3.8) is 0 Å². The summed E-state index contributed by atoms with van der Waals surface area (Å²) < 4.78 is 26.1. The zero-order valence-corrected chi connectivity index (χ0v) is 17.0. The number of rotatable bonds is 3. The predicted octanol–water partition coefficient (Wildman–Crippen LogP) is 4.08. The van der Waals surface area contributed by atoms with Gasteiger partial charge in [-0.2, -0.15) is 0 Å². The lowest BCUT2D eigenvalue weighted by molar-refractivity contribution is -0.139. The lowest BCUT2D eigenvalue weighted by Gasteiger charge is -2.38. The van der Waals surface area contributed by atoms with Gasteiger partial charge in [0.05, 0.1) is 12.5 Å². The lowest BCUT2D eigenvalue weighted by atomic mass is 9.70. The van der Waals surface area contributed by atoms with Crippen molar-refractivity contribution in [1.82, 2.24) is 0 Å². The summed E-state index contributed by atoms with van der Waals surface area (Å²) >= 11 is 3.32. The summed E-state index contributed by atoms with van der Waals surface area (Å²) in [5.74, 6) is -2.16. The molecule has 0 saturated carbocycles. The molecular weight excluding hydrogens is 417 g/mol. The minimum atomic E-state index is -0.964. The first-order chi connectivity index (χ1) is 12.6. The second-order valence-electron chi connectivity index (χ2n) is 7.48. The first-order valence-electron chi connectivity index (χ1n) is 8.70. The maximum Gasteiger partial charge on any atom is 0.340 e. The summed E-state index contributed by atoms with van der Waals surface area (Å²) in [6.07, 6.45) is 0.744. The molecule has 0 unspecified atom stereocenters. The molecular formula is C20H21BrFNO4. The highest BCUT2D eigenvalue weighted by Gasteiger charge is 2.45. The summed E-state index contributed by atoms with van der Waals surface area (Å²) in [7, 11) is 0. The Hall–Kier alpha value is -2.15. The molecule has 27 heavy (non-hydrogen) atoms. The van der Waals surface area contributed by atoms with Crippen LogP contribution in [-0.4, -0.2) is 18.4 Å². The van der Waals surface area contributed by atoms with E-state index in [9.17, 15) is 14.0 Å². The van der Waals surface area contributed by atoms with Gasteiger partial charge in [-0.05, 0) is 30.5 Å². The SMILES string of the molecule is CCOC(=O)C1=C(N)OC2=C(C(=O)CC(C)(C)C2)[C@H]1c1cc(Br)ccc1F. The third kappa shape index (κ3) is 3.65. The van der Waals surface area contributed by atoms with Crippen LogP contribution in [0.1, 0.15) is 45.1 Å². The van der Waals surface area contributed by atoms with Crippen molar-refractivity contribution < 1.29 is 23.5 Å². The Morgan fingerprint density at radius 1 is 1.41 bits per heavy atom. The van der Waals surface area contributed by atoms with Gasteiger partial charge >= 0.3 is 5.97 Å². The molecule has 1 heterocycles. The average molecular weight is 438 g/mol. The van der Waals surface area contributed by atoms with Crippen LogP contribution < -0.4 is 5.73 Å². The Morgan fingerprint density at radius 2 is 2.11 bits per heavy atom. The van der Waals surface area contributed by atoms with Gasteiger partial charge in [-0.15, -0.1) is 0 Å². The first kappa shape index (κ1) is 19.6. The number of nitrogens with two attached hydrogens (primary N) is 1. The molecule has 1 aliphatic carbocycles. The summed E-state index contributed by atoms with van der Waals surface area (Å²) in [4.78, 5) is 25.6. The Bertz CT molecular complexity index is 888. The molecule has 1 aliphatic heterocycles. The molecule has 1 atom stereocenters. The van der Waals surface area contributed by atoms with Crippen LogP contribution in [0.2, 0.25) is 0 Å². The summed E-state index contributed by atoms with van der Waals surface area (Å²) in [5.41, 5.74) is 6.16. The number of allylic oxidation sites excluding steroid dienone is 2. The van der Waals surface area contributed by atoms with Crippen molar-refractivity contribution in [3.8, 4) is 0 Å². The normalized spacial score (nSPS) is 21.7. The zero-order chi connectivity index (χ0) is 19.9. The number of ketones is 1. The number of ether oxygens (including phenoxy) is 2. The molecule has 3 rings (SSSR count). The highest BCUT2D eigenvalue weighted by molar-refractivity contribution is 9.10. The van der Waals surface area contributed by atoms with Crippen molar-refractivity contribution in [2.24, 2.45) is 11.1 Å². The van der Waals surface area contributed by atoms with Crippen LogP contribution in [0.25, 0.3) is 0 Å². The number of halogens is 2. The van der Waals surface area contributed by atoms with Crippen LogP contribution in [0.5, 0.6) is 0 Å². The van der Waals surface area contributed by atoms with Gasteiger partial charge in [0.2, 0.25) is 5.88 Å². The largest absolute Gasteiger partial charge is 0.462 e. The molecule has 0 fully saturated rings. The highest BCUT2D eigenvalue weighted by atomic mass is 79.9. The number of hydrogen-bond acceptors (Lipinski definition) is 5. The Labute approximate surface area is 165 Å². The van der Waals surface area contributed by atoms with E-state index in [1.54, 1.807) is 19.1 Å². The molecule has 2 aliphatic rings. The van der Waals surface area contributed by atoms with E-state index in [2.05, 4.69) is 15.9 Å². The number of hydrogen-bond donors (Lipinski definition) is 1. The van der Waals surface area contributed by atoms with Gasteiger partial charge in [-0.25, -0.2) is 9.18 Å². The van der Waals surface area contributed by atoms with Gasteiger partial charge in [-0.1, -0.05) is 29.8 Å². The van der Waals surface area contributed by atoms with Gasteiger partial charge in [0, 0.05) is 28.5 Å². The molecule has 0 spiro atoms. The van der Waals surface area contributed by atoms with Crippen LogP contribution in [0.3, 0.4) is 0 Å². The van der Waals surface area contributed by atoms with Gasteiger partial charge < -0.3 is 15.2 Å². The minimum absolute atomic E-state index is 0.0411. The number of benzene rings is 1. The molecule has 5 nitrogen and oxygen atoms in total. The third-order valence-electron chi connectivity index (χ3n) is 4.72. The van der Waals surface area contributed by atoms with E-state index in [1.165, 1.54) is 6.07 Å². The van der Waals surface area contributed by atoms with Crippen molar-refractivity contribution in [2.45, 2.75) is 39.5 Å². The number of esters is 1. The summed E-state index contributed by atoms with van der Waals surface area (Å²) in [5, 5.41) is 0. The standard InChI is InChI=1S/C20H21BrFNO4/c1-4-26-19(25)17-15(11-7-10(21)5-6-12(11)22)16-13(24)8-20(2,3)9-14(16)27-18(17)23/h5-7,15H,4,8-9,23H2,1-3H3/t15-/m1/s1. The minimum Gasteiger partial charge on any atom is -0.462 e. The molecule has 0 saturated heterocycles. The number of Topliss-reactive ketones (excluding diaryl/α,β-unsaturated/α-hetero) is 1. The number of carbonyl (C=O) groups excluding carboxylic acids is 2. The van der Waals surface area contributed by atoms with Crippen molar-refractivity contribution in [2.75, 3.05) is 6.61 Å². The van der Waals surface area contributed by atoms with Crippen LogP contribution in [0.15, 0.2) is 45.5 Å². The van der Waals surface area contributed by atoms with Crippen LogP contribution in [0, 0.1) is 11.2 Å². The first-order valence-corrected chi connectivity index (χ1v) is 9.49. The van der Waals surface area contributed by atoms with E-state index in [0.29, 0.717) is 16.7 Å². The van der Waals surface area contributed by atoms with E-state index in [0.717, 1.165) is 0 Å². The monoisotopic (exact) mass is 437 g/mol. The van der Waals surface area contributed by atoms with Gasteiger partial charge in [0.1, 0.15) is 17.1 Å². The predicted molar refractivity (Wildman–Crippen MR) is 101 cm³/mol. The van der Waals surface area contributed by atoms with E-state index in [4.69, 9.17) is 15.2 Å². The molecule has 1 aromatic carbocycles. The van der Waals surface area contributed by atoms with Crippen molar-refractivity contribution >= 4 is 27.7 Å². The molecule has 0 aromatic heterocycles. The fraction of sp³-hybridized carbons (Fsp3) is 0.400. The Morgan fingerprint density at radius 3 is 2.78 bits per heavy atom. The Kier molecular flexibility index (Phi) is 5.16. The van der Waals surface area contributed by atoms with Crippen molar-refractivity contribution in [1.29, 1.82) is 0 Å². The molecule has 2 N–H and O–H groups in total. The molecule has 144 valence electrons. The molecule has 0 amide bonds. The van der Waals surface area contributed by atoms with Crippen molar-refractivity contribution in [3.05, 3.63) is 56.8 Å². The smallest absolute Gasteiger partial charge is 0.340 e. The van der Waals surface area contributed by atoms with Gasteiger partial charge in [0.25, 0.3) is 0 Å². The van der Waals surface area contributed by atoms with Gasteiger partial charge in [0.15, 0.2) is 5.78 Å².